The van der Waals surface area contributed by atoms with Crippen molar-refractivity contribution in [2.24, 2.45) is 0 Å². The Labute approximate surface area is 338 Å². The molecule has 0 N–H and O–H groups in total. The minimum Gasteiger partial charge on any atom is -0.308 e. The predicted octanol–water partition coefficient (Wildman–Crippen LogP) is 13.5. The molecule has 0 spiro atoms. The van der Waals surface area contributed by atoms with Gasteiger partial charge in [0.1, 0.15) is 0 Å². The van der Waals surface area contributed by atoms with Gasteiger partial charge in [-0.15, -0.1) is 11.3 Å². The Hall–Kier alpha value is -7.72. The van der Waals surface area contributed by atoms with Crippen LogP contribution < -0.4 is 0 Å². The lowest BCUT2D eigenvalue weighted by molar-refractivity contribution is 1.06. The Bertz CT molecular complexity index is 3360. The highest BCUT2D eigenvalue weighted by atomic mass is 32.1. The highest BCUT2D eigenvalue weighted by molar-refractivity contribution is 7.25. The number of thiophene rings is 1. The number of nitriles is 1. The van der Waals surface area contributed by atoms with Crippen LogP contribution in [-0.4, -0.2) is 19.5 Å². The number of para-hydroxylation sites is 1. The first-order valence-electron chi connectivity index (χ1n) is 19.2. The van der Waals surface area contributed by atoms with Crippen molar-refractivity contribution in [3.63, 3.8) is 0 Å². The zero-order valence-electron chi connectivity index (χ0n) is 31.0. The quantitative estimate of drug-likeness (QED) is 0.169. The molecule has 0 aliphatic heterocycles. The van der Waals surface area contributed by atoms with Crippen LogP contribution in [0, 0.1) is 11.3 Å². The topological polar surface area (TPSA) is 67.4 Å². The van der Waals surface area contributed by atoms with E-state index in [2.05, 4.69) is 114 Å². The van der Waals surface area contributed by atoms with E-state index in [-0.39, 0.29) is 0 Å². The second-order valence-corrected chi connectivity index (χ2v) is 15.4. The van der Waals surface area contributed by atoms with Gasteiger partial charge in [-0.25, -0.2) is 15.0 Å². The molecule has 11 aromatic rings. The van der Waals surface area contributed by atoms with Crippen molar-refractivity contribution in [1.29, 1.82) is 5.26 Å². The third-order valence-corrected chi connectivity index (χ3v) is 12.1. The lowest BCUT2D eigenvalue weighted by Gasteiger charge is -2.17. The van der Waals surface area contributed by atoms with Gasteiger partial charge in [-0.1, -0.05) is 146 Å². The van der Waals surface area contributed by atoms with Crippen molar-refractivity contribution in [3.05, 3.63) is 194 Å². The van der Waals surface area contributed by atoms with E-state index in [1.807, 2.05) is 96.3 Å². The normalized spacial score (nSPS) is 11.4. The summed E-state index contributed by atoms with van der Waals surface area (Å²) >= 11 is 1.82. The Morgan fingerprint density at radius 3 is 1.74 bits per heavy atom. The molecule has 8 aromatic carbocycles. The minimum absolute atomic E-state index is 0.574. The van der Waals surface area contributed by atoms with Crippen LogP contribution in [0.25, 0.3) is 104 Å². The molecular formula is C52H31N5S. The van der Waals surface area contributed by atoms with Gasteiger partial charge < -0.3 is 4.57 Å². The second kappa shape index (κ2) is 13.8. The molecule has 3 aromatic heterocycles. The molecule has 0 saturated heterocycles. The number of fused-ring (bicyclic) bond motifs is 6. The van der Waals surface area contributed by atoms with Gasteiger partial charge in [-0.05, 0) is 64.7 Å². The number of benzene rings is 8. The van der Waals surface area contributed by atoms with Gasteiger partial charge in [0.15, 0.2) is 17.5 Å². The van der Waals surface area contributed by atoms with Crippen LogP contribution in [0.5, 0.6) is 0 Å². The first kappa shape index (κ1) is 33.6. The summed E-state index contributed by atoms with van der Waals surface area (Å²) in [5.74, 6) is 1.78. The number of aromatic nitrogens is 4. The first-order chi connectivity index (χ1) is 28.7. The summed E-state index contributed by atoms with van der Waals surface area (Å²) in [6.45, 7) is 0. The van der Waals surface area contributed by atoms with Crippen molar-refractivity contribution in [2.75, 3.05) is 0 Å². The number of hydrogen-bond donors (Lipinski definition) is 0. The van der Waals surface area contributed by atoms with Crippen molar-refractivity contribution >= 4 is 53.3 Å². The van der Waals surface area contributed by atoms with E-state index in [0.717, 1.165) is 66.4 Å². The number of nitrogens with zero attached hydrogens (tertiary/aromatic N) is 5. The molecule has 0 saturated carbocycles. The maximum atomic E-state index is 10.1. The van der Waals surface area contributed by atoms with E-state index in [4.69, 9.17) is 15.0 Å². The lowest BCUT2D eigenvalue weighted by atomic mass is 9.98. The Kier molecular flexibility index (Phi) is 7.99. The first-order valence-corrected chi connectivity index (χ1v) is 20.0. The molecule has 5 nitrogen and oxygen atoms in total. The maximum Gasteiger partial charge on any atom is 0.166 e. The van der Waals surface area contributed by atoms with Crippen molar-refractivity contribution < 1.29 is 0 Å². The van der Waals surface area contributed by atoms with E-state index in [1.165, 1.54) is 20.2 Å². The van der Waals surface area contributed by atoms with Gasteiger partial charge in [0.2, 0.25) is 0 Å². The van der Waals surface area contributed by atoms with E-state index in [0.29, 0.717) is 23.0 Å². The molecule has 3 heterocycles. The summed E-state index contributed by atoms with van der Waals surface area (Å²) in [6, 6.07) is 67.4. The van der Waals surface area contributed by atoms with Crippen molar-refractivity contribution in [3.8, 4) is 68.2 Å². The van der Waals surface area contributed by atoms with Gasteiger partial charge in [0.25, 0.3) is 0 Å². The highest BCUT2D eigenvalue weighted by Gasteiger charge is 2.21. The van der Waals surface area contributed by atoms with Gasteiger partial charge in [0, 0.05) is 47.6 Å². The fourth-order valence-electron chi connectivity index (χ4n) is 8.15. The third kappa shape index (κ3) is 5.64. The van der Waals surface area contributed by atoms with Crippen molar-refractivity contribution in [2.45, 2.75) is 0 Å². The minimum atomic E-state index is 0.574. The maximum absolute atomic E-state index is 10.1. The molecule has 6 heteroatoms. The molecule has 0 bridgehead atoms. The van der Waals surface area contributed by atoms with E-state index < -0.39 is 0 Å². The lowest BCUT2D eigenvalue weighted by Crippen LogP contribution is -2.04. The standard InChI is InChI=1S/C52H31N5S/c53-32-38-17-7-8-18-39(38)37-24-26-41-40-19-9-11-21-45(40)57(47(41)30-37)46-28-25-35(36-23-27-43-42-20-10-12-22-48(42)58-49(43)31-36)29-44(46)52-55-50(33-13-3-1-4-14-33)54-51(56-52)34-15-5-2-6-16-34/h1-31H. The summed E-state index contributed by atoms with van der Waals surface area (Å²) in [5, 5.41) is 14.8. The Morgan fingerprint density at radius 1 is 0.397 bits per heavy atom. The molecule has 11 rings (SSSR count). The van der Waals surface area contributed by atoms with Crippen LogP contribution in [0.15, 0.2) is 188 Å². The Balaban J connectivity index is 1.21. The molecule has 0 aliphatic carbocycles. The van der Waals surface area contributed by atoms with Crippen LogP contribution in [0.1, 0.15) is 5.56 Å². The second-order valence-electron chi connectivity index (χ2n) is 14.3. The highest BCUT2D eigenvalue weighted by Crippen LogP contribution is 2.41. The van der Waals surface area contributed by atoms with Gasteiger partial charge in [-0.2, -0.15) is 5.26 Å². The van der Waals surface area contributed by atoms with E-state index >= 15 is 0 Å². The molecular weight excluding hydrogens is 727 g/mol. The van der Waals surface area contributed by atoms with E-state index in [9.17, 15) is 5.26 Å². The fraction of sp³-hybridized carbons (Fsp3) is 0. The summed E-state index contributed by atoms with van der Waals surface area (Å²) in [7, 11) is 0. The monoisotopic (exact) mass is 757 g/mol. The molecule has 270 valence electrons. The average Bonchev–Trinajstić information content (AvgIpc) is 3.84. The zero-order chi connectivity index (χ0) is 38.6. The van der Waals surface area contributed by atoms with Crippen LogP contribution in [-0.2, 0) is 0 Å². The molecule has 0 atom stereocenters. The predicted molar refractivity (Wildman–Crippen MR) is 239 cm³/mol. The Morgan fingerprint density at radius 2 is 0.966 bits per heavy atom. The molecule has 58 heavy (non-hydrogen) atoms. The van der Waals surface area contributed by atoms with Gasteiger partial charge >= 0.3 is 0 Å². The molecule has 0 aliphatic rings. The molecule has 0 unspecified atom stereocenters. The van der Waals surface area contributed by atoms with Crippen LogP contribution in [0.4, 0.5) is 0 Å². The van der Waals surface area contributed by atoms with E-state index in [1.54, 1.807) is 0 Å². The molecule has 0 fully saturated rings. The summed E-state index contributed by atoms with van der Waals surface area (Å²) in [6.07, 6.45) is 0. The SMILES string of the molecule is N#Cc1ccccc1-c1ccc2c3ccccc3n(-c3ccc(-c4ccc5c(c4)sc4ccccc45)cc3-c3nc(-c4ccccc4)nc(-c4ccccc4)n3)c2c1. The summed E-state index contributed by atoms with van der Waals surface area (Å²) < 4.78 is 4.85. The molecule has 0 radical (unpaired) electrons. The smallest absolute Gasteiger partial charge is 0.166 e. The zero-order valence-corrected chi connectivity index (χ0v) is 31.9. The van der Waals surface area contributed by atoms with Gasteiger partial charge in [-0.3, -0.25) is 0 Å². The van der Waals surface area contributed by atoms with Crippen LogP contribution >= 0.6 is 11.3 Å². The van der Waals surface area contributed by atoms with Crippen molar-refractivity contribution in [1.82, 2.24) is 19.5 Å². The summed E-state index contributed by atoms with van der Waals surface area (Å²) in [5.41, 5.74) is 10.4. The largest absolute Gasteiger partial charge is 0.308 e. The third-order valence-electron chi connectivity index (χ3n) is 10.9. The van der Waals surface area contributed by atoms with Crippen LogP contribution in [0.3, 0.4) is 0 Å². The molecule has 0 amide bonds. The average molecular weight is 758 g/mol. The fourth-order valence-corrected chi connectivity index (χ4v) is 9.30. The number of hydrogen-bond acceptors (Lipinski definition) is 5. The number of rotatable bonds is 6. The van der Waals surface area contributed by atoms with Crippen LogP contribution in [0.2, 0.25) is 0 Å². The van der Waals surface area contributed by atoms with Gasteiger partial charge in [0.05, 0.1) is 28.4 Å². The summed E-state index contributed by atoms with van der Waals surface area (Å²) in [4.78, 5) is 15.6.